The second-order valence-electron chi connectivity index (χ2n) is 4.90. The number of nitrogens with one attached hydrogen (secondary N) is 1. The molecule has 0 radical (unpaired) electrons. The van der Waals surface area contributed by atoms with Crippen LogP contribution in [0.15, 0.2) is 24.4 Å². The van der Waals surface area contributed by atoms with E-state index in [4.69, 9.17) is 0 Å². The Labute approximate surface area is 113 Å². The van der Waals surface area contributed by atoms with Crippen molar-refractivity contribution >= 4 is 17.5 Å². The number of hydrogen-bond donors (Lipinski definition) is 1. The number of amides is 1. The molecule has 0 bridgehead atoms. The van der Waals surface area contributed by atoms with Crippen LogP contribution in [0, 0.1) is 0 Å². The fourth-order valence-corrected chi connectivity index (χ4v) is 2.30. The maximum absolute atomic E-state index is 11.5. The van der Waals surface area contributed by atoms with Gasteiger partial charge in [-0.3, -0.25) is 9.59 Å². The van der Waals surface area contributed by atoms with E-state index >= 15 is 0 Å². The first kappa shape index (κ1) is 13.5. The van der Waals surface area contributed by atoms with Gasteiger partial charge in [-0.2, -0.15) is 0 Å². The molecule has 1 fully saturated rings. The Bertz CT molecular complexity index is 439. The van der Waals surface area contributed by atoms with Crippen molar-refractivity contribution in [2.75, 3.05) is 18.0 Å². The SMILES string of the molecule is CC(=O)CC(=O)NC1CCN(c2ccccn2)CC1. The molecule has 1 aromatic rings. The molecule has 2 rings (SSSR count). The van der Waals surface area contributed by atoms with Gasteiger partial charge in [0.15, 0.2) is 0 Å². The van der Waals surface area contributed by atoms with Gasteiger partial charge in [-0.1, -0.05) is 6.07 Å². The summed E-state index contributed by atoms with van der Waals surface area (Å²) < 4.78 is 0. The van der Waals surface area contributed by atoms with Gasteiger partial charge in [0.25, 0.3) is 0 Å². The van der Waals surface area contributed by atoms with Gasteiger partial charge in [0, 0.05) is 25.3 Å². The molecule has 0 saturated carbocycles. The Balaban J connectivity index is 1.80. The molecule has 1 aromatic heterocycles. The third-order valence-corrected chi connectivity index (χ3v) is 3.24. The van der Waals surface area contributed by atoms with E-state index in [0.717, 1.165) is 31.7 Å². The molecule has 0 aliphatic carbocycles. The van der Waals surface area contributed by atoms with Crippen LogP contribution in [0.4, 0.5) is 5.82 Å². The van der Waals surface area contributed by atoms with E-state index in [1.165, 1.54) is 6.92 Å². The van der Waals surface area contributed by atoms with E-state index in [9.17, 15) is 9.59 Å². The molecule has 2 heterocycles. The van der Waals surface area contributed by atoms with Crippen LogP contribution in [-0.4, -0.2) is 35.8 Å². The summed E-state index contributed by atoms with van der Waals surface area (Å²) in [7, 11) is 0. The van der Waals surface area contributed by atoms with Gasteiger partial charge in [0.05, 0.1) is 6.42 Å². The van der Waals surface area contributed by atoms with Crippen LogP contribution >= 0.6 is 0 Å². The number of nitrogens with zero attached hydrogens (tertiary/aromatic N) is 2. The monoisotopic (exact) mass is 261 g/mol. The number of carbonyl (C=O) groups excluding carboxylic acids is 2. The van der Waals surface area contributed by atoms with Crippen LogP contribution in [-0.2, 0) is 9.59 Å². The minimum atomic E-state index is -0.163. The minimum absolute atomic E-state index is 0.0134. The van der Waals surface area contributed by atoms with Gasteiger partial charge in [-0.05, 0) is 31.9 Å². The normalized spacial score (nSPS) is 16.2. The summed E-state index contributed by atoms with van der Waals surface area (Å²) in [6.45, 7) is 3.19. The fourth-order valence-electron chi connectivity index (χ4n) is 2.30. The lowest BCUT2D eigenvalue weighted by molar-refractivity contribution is -0.127. The number of carbonyl (C=O) groups is 2. The predicted molar refractivity (Wildman–Crippen MR) is 72.9 cm³/mol. The molecule has 5 heteroatoms. The van der Waals surface area contributed by atoms with Gasteiger partial charge in [0.1, 0.15) is 11.6 Å². The fraction of sp³-hybridized carbons (Fsp3) is 0.500. The third kappa shape index (κ3) is 4.05. The molecular formula is C14H19N3O2. The van der Waals surface area contributed by atoms with Crippen molar-refractivity contribution in [2.24, 2.45) is 0 Å². The quantitative estimate of drug-likeness (QED) is 0.826. The van der Waals surface area contributed by atoms with E-state index in [1.54, 1.807) is 6.20 Å². The third-order valence-electron chi connectivity index (χ3n) is 3.24. The van der Waals surface area contributed by atoms with Crippen LogP contribution < -0.4 is 10.2 Å². The number of ketones is 1. The van der Waals surface area contributed by atoms with Gasteiger partial charge in [0.2, 0.25) is 5.91 Å². The number of rotatable bonds is 4. The molecule has 0 aromatic carbocycles. The molecule has 102 valence electrons. The second kappa shape index (κ2) is 6.31. The second-order valence-corrected chi connectivity index (χ2v) is 4.90. The van der Waals surface area contributed by atoms with Crippen molar-refractivity contribution in [3.05, 3.63) is 24.4 Å². The summed E-state index contributed by atoms with van der Waals surface area (Å²) in [6.07, 6.45) is 3.55. The minimum Gasteiger partial charge on any atom is -0.356 e. The van der Waals surface area contributed by atoms with E-state index < -0.39 is 0 Å². The summed E-state index contributed by atoms with van der Waals surface area (Å²) in [4.78, 5) is 28.9. The molecule has 1 saturated heterocycles. The van der Waals surface area contributed by atoms with E-state index in [0.29, 0.717) is 0 Å². The standard InChI is InChI=1S/C14H19N3O2/c1-11(18)10-14(19)16-12-5-8-17(9-6-12)13-4-2-3-7-15-13/h2-4,7,12H,5-6,8-10H2,1H3,(H,16,19). The van der Waals surface area contributed by atoms with Gasteiger partial charge in [-0.25, -0.2) is 4.98 Å². The molecule has 0 spiro atoms. The lowest BCUT2D eigenvalue weighted by Crippen LogP contribution is -2.45. The Morgan fingerprint density at radius 1 is 1.37 bits per heavy atom. The van der Waals surface area contributed by atoms with Crippen LogP contribution in [0.3, 0.4) is 0 Å². The average Bonchev–Trinajstić information content (AvgIpc) is 2.39. The maximum Gasteiger partial charge on any atom is 0.227 e. The lowest BCUT2D eigenvalue weighted by Gasteiger charge is -2.33. The van der Waals surface area contributed by atoms with Crippen LogP contribution in [0.5, 0.6) is 0 Å². The Morgan fingerprint density at radius 2 is 2.11 bits per heavy atom. The molecule has 1 N–H and O–H groups in total. The zero-order valence-electron chi connectivity index (χ0n) is 11.1. The van der Waals surface area contributed by atoms with Crippen molar-refractivity contribution in [3.63, 3.8) is 0 Å². The van der Waals surface area contributed by atoms with Gasteiger partial charge >= 0.3 is 0 Å². The number of anilines is 1. The van der Waals surface area contributed by atoms with Crippen molar-refractivity contribution in [3.8, 4) is 0 Å². The van der Waals surface area contributed by atoms with Crippen LogP contribution in [0.1, 0.15) is 26.2 Å². The highest BCUT2D eigenvalue weighted by atomic mass is 16.2. The first-order valence-corrected chi connectivity index (χ1v) is 6.60. The molecule has 0 unspecified atom stereocenters. The summed E-state index contributed by atoms with van der Waals surface area (Å²) in [5, 5.41) is 2.92. The highest BCUT2D eigenvalue weighted by Crippen LogP contribution is 2.17. The number of hydrogen-bond acceptors (Lipinski definition) is 4. The number of aromatic nitrogens is 1. The van der Waals surface area contributed by atoms with Crippen molar-refractivity contribution in [2.45, 2.75) is 32.2 Å². The molecule has 5 nitrogen and oxygen atoms in total. The number of pyridine rings is 1. The summed E-state index contributed by atoms with van der Waals surface area (Å²) in [5.74, 6) is 0.725. The smallest absolute Gasteiger partial charge is 0.227 e. The number of piperidine rings is 1. The van der Waals surface area contributed by atoms with Gasteiger partial charge in [-0.15, -0.1) is 0 Å². The zero-order valence-corrected chi connectivity index (χ0v) is 11.1. The topological polar surface area (TPSA) is 62.3 Å². The first-order chi connectivity index (χ1) is 9.15. The summed E-state index contributed by atoms with van der Waals surface area (Å²) in [5.41, 5.74) is 0. The summed E-state index contributed by atoms with van der Waals surface area (Å²) >= 11 is 0. The lowest BCUT2D eigenvalue weighted by atomic mass is 10.0. The molecular weight excluding hydrogens is 242 g/mol. The van der Waals surface area contributed by atoms with Crippen molar-refractivity contribution < 1.29 is 9.59 Å². The zero-order chi connectivity index (χ0) is 13.7. The molecule has 1 amide bonds. The Hall–Kier alpha value is -1.91. The largest absolute Gasteiger partial charge is 0.356 e. The van der Waals surface area contributed by atoms with Crippen molar-refractivity contribution in [1.82, 2.24) is 10.3 Å². The highest BCUT2D eigenvalue weighted by molar-refractivity contribution is 5.96. The maximum atomic E-state index is 11.5. The van der Waals surface area contributed by atoms with Crippen LogP contribution in [0.25, 0.3) is 0 Å². The van der Waals surface area contributed by atoms with Crippen molar-refractivity contribution in [1.29, 1.82) is 0 Å². The first-order valence-electron chi connectivity index (χ1n) is 6.60. The Kier molecular flexibility index (Phi) is 4.49. The van der Waals surface area contributed by atoms with Gasteiger partial charge < -0.3 is 10.2 Å². The van der Waals surface area contributed by atoms with E-state index in [2.05, 4.69) is 15.2 Å². The molecule has 1 aliphatic heterocycles. The molecule has 0 atom stereocenters. The molecule has 19 heavy (non-hydrogen) atoms. The van der Waals surface area contributed by atoms with E-state index in [-0.39, 0.29) is 24.2 Å². The van der Waals surface area contributed by atoms with Crippen LogP contribution in [0.2, 0.25) is 0 Å². The summed E-state index contributed by atoms with van der Waals surface area (Å²) in [6, 6.07) is 6.04. The predicted octanol–water partition coefficient (Wildman–Crippen LogP) is 1.15. The van der Waals surface area contributed by atoms with E-state index in [1.807, 2.05) is 18.2 Å². The highest BCUT2D eigenvalue weighted by Gasteiger charge is 2.21. The Morgan fingerprint density at radius 3 is 2.68 bits per heavy atom. The average molecular weight is 261 g/mol. The molecule has 1 aliphatic rings. The number of Topliss-reactive ketones (excluding diaryl/α,β-unsaturated/α-hetero) is 1.